The zero-order valence-electron chi connectivity index (χ0n) is 20.7. The summed E-state index contributed by atoms with van der Waals surface area (Å²) in [6.45, 7) is 2.65. The summed E-state index contributed by atoms with van der Waals surface area (Å²) >= 11 is 0. The van der Waals surface area contributed by atoms with Crippen LogP contribution in [0.25, 0.3) is 0 Å². The number of morpholine rings is 1. The molecule has 0 aliphatic carbocycles. The number of benzene rings is 2. The Morgan fingerprint density at radius 2 is 2.05 bits per heavy atom. The van der Waals surface area contributed by atoms with Crippen LogP contribution in [0.5, 0.6) is 11.5 Å². The maximum Gasteiger partial charge on any atom is 0.249 e. The summed E-state index contributed by atoms with van der Waals surface area (Å²) in [5.41, 5.74) is 6.27. The van der Waals surface area contributed by atoms with Gasteiger partial charge in [-0.15, -0.1) is 0 Å². The molecule has 3 N–H and O–H groups in total. The molecule has 0 radical (unpaired) electrons. The zero-order valence-corrected chi connectivity index (χ0v) is 20.7. The van der Waals surface area contributed by atoms with Crippen LogP contribution in [0.15, 0.2) is 77.9 Å². The minimum Gasteiger partial charge on any atom is -0.456 e. The van der Waals surface area contributed by atoms with Gasteiger partial charge in [0.1, 0.15) is 23.4 Å². The minimum absolute atomic E-state index is 0.102. The van der Waals surface area contributed by atoms with Crippen molar-refractivity contribution in [2.75, 3.05) is 42.3 Å². The first-order valence-corrected chi connectivity index (χ1v) is 12.5. The van der Waals surface area contributed by atoms with Crippen molar-refractivity contribution in [3.8, 4) is 11.5 Å². The van der Waals surface area contributed by atoms with Crippen LogP contribution in [0.2, 0.25) is 0 Å². The van der Waals surface area contributed by atoms with E-state index in [1.807, 2.05) is 31.3 Å². The number of anilines is 3. The molecular weight excluding hydrogens is 466 g/mol. The molecule has 8 nitrogen and oxygen atoms in total. The van der Waals surface area contributed by atoms with Gasteiger partial charge in [0.2, 0.25) is 5.56 Å². The van der Waals surface area contributed by atoms with E-state index in [0.717, 1.165) is 63.9 Å². The number of fused-ring (bicyclic) bond motifs is 2. The van der Waals surface area contributed by atoms with Crippen molar-refractivity contribution in [3.05, 3.63) is 106 Å². The number of pyridine rings is 2. The van der Waals surface area contributed by atoms with Gasteiger partial charge >= 0.3 is 0 Å². The second-order valence-electron chi connectivity index (χ2n) is 9.27. The van der Waals surface area contributed by atoms with Gasteiger partial charge in [-0.25, -0.2) is 4.98 Å². The molecule has 1 unspecified atom stereocenters. The van der Waals surface area contributed by atoms with Crippen LogP contribution in [0, 0.1) is 0 Å². The Hall–Kier alpha value is -4.30. The highest BCUT2D eigenvalue weighted by molar-refractivity contribution is 5.59. The van der Waals surface area contributed by atoms with Crippen molar-refractivity contribution < 1.29 is 9.47 Å². The van der Waals surface area contributed by atoms with E-state index in [9.17, 15) is 4.79 Å². The SMILES string of the molecule is CNc1ncccc1CNc1ccc2c(c1)Cc1cccc(C3CN(c4cc[nH]c(=O)c4)CCO3)c1O2. The van der Waals surface area contributed by atoms with Crippen LogP contribution in [0.1, 0.15) is 28.4 Å². The largest absolute Gasteiger partial charge is 0.456 e. The minimum atomic E-state index is -0.147. The van der Waals surface area contributed by atoms with E-state index in [2.05, 4.69) is 55.8 Å². The number of H-pyrrole nitrogens is 1. The van der Waals surface area contributed by atoms with E-state index in [1.165, 1.54) is 0 Å². The number of aromatic amines is 1. The molecule has 37 heavy (non-hydrogen) atoms. The second kappa shape index (κ2) is 9.99. The Morgan fingerprint density at radius 3 is 2.95 bits per heavy atom. The molecule has 1 fully saturated rings. The monoisotopic (exact) mass is 495 g/mol. The second-order valence-corrected chi connectivity index (χ2v) is 9.27. The summed E-state index contributed by atoms with van der Waals surface area (Å²) < 4.78 is 12.7. The van der Waals surface area contributed by atoms with Gasteiger partial charge in [-0.3, -0.25) is 4.79 Å². The van der Waals surface area contributed by atoms with Gasteiger partial charge in [0.25, 0.3) is 0 Å². The fourth-order valence-corrected chi connectivity index (χ4v) is 5.07. The third-order valence-electron chi connectivity index (χ3n) is 6.93. The molecule has 0 bridgehead atoms. The summed E-state index contributed by atoms with van der Waals surface area (Å²) in [5.74, 6) is 2.62. The smallest absolute Gasteiger partial charge is 0.249 e. The lowest BCUT2D eigenvalue weighted by atomic mass is 9.95. The maximum absolute atomic E-state index is 11.8. The Morgan fingerprint density at radius 1 is 1.11 bits per heavy atom. The molecule has 6 rings (SSSR count). The molecule has 188 valence electrons. The standard InChI is InChI=1S/C29H29N5O3/c1-30-29-20(5-3-10-32-29)17-33-22-7-8-25-21(15-22)14-19-4-2-6-24(28(19)37-25)26-18-34(12-13-36-26)23-9-11-31-27(35)16-23/h2-11,15-16,26,33H,12-14,17-18H2,1H3,(H,30,32)(H,31,35). The quantitative estimate of drug-likeness (QED) is 0.315. The lowest BCUT2D eigenvalue weighted by Crippen LogP contribution is -2.39. The van der Waals surface area contributed by atoms with Crippen molar-refractivity contribution >= 4 is 17.2 Å². The van der Waals surface area contributed by atoms with Crippen molar-refractivity contribution in [2.24, 2.45) is 0 Å². The predicted molar refractivity (Wildman–Crippen MR) is 145 cm³/mol. The third kappa shape index (κ3) is 4.75. The van der Waals surface area contributed by atoms with Gasteiger partial charge in [-0.1, -0.05) is 24.3 Å². The average Bonchev–Trinajstić information content (AvgIpc) is 2.94. The van der Waals surface area contributed by atoms with Crippen LogP contribution >= 0.6 is 0 Å². The first-order valence-electron chi connectivity index (χ1n) is 12.5. The van der Waals surface area contributed by atoms with Crippen LogP contribution in [0.3, 0.4) is 0 Å². The highest BCUT2D eigenvalue weighted by Crippen LogP contribution is 2.43. The van der Waals surface area contributed by atoms with E-state index in [-0.39, 0.29) is 11.7 Å². The van der Waals surface area contributed by atoms with E-state index >= 15 is 0 Å². The number of aromatic nitrogens is 2. The first kappa shape index (κ1) is 23.1. The summed E-state index contributed by atoms with van der Waals surface area (Å²) in [4.78, 5) is 21.1. The number of hydrogen-bond donors (Lipinski definition) is 3. The molecule has 2 aliphatic rings. The molecule has 4 aromatic rings. The predicted octanol–water partition coefficient (Wildman–Crippen LogP) is 4.70. The maximum atomic E-state index is 11.8. The number of nitrogens with zero attached hydrogens (tertiary/aromatic N) is 2. The van der Waals surface area contributed by atoms with E-state index in [0.29, 0.717) is 19.7 Å². The van der Waals surface area contributed by atoms with Crippen molar-refractivity contribution in [2.45, 2.75) is 19.1 Å². The summed E-state index contributed by atoms with van der Waals surface area (Å²) in [7, 11) is 1.88. The highest BCUT2D eigenvalue weighted by Gasteiger charge is 2.28. The van der Waals surface area contributed by atoms with Crippen LogP contribution in [-0.2, 0) is 17.7 Å². The Bertz CT molecular complexity index is 1480. The lowest BCUT2D eigenvalue weighted by Gasteiger charge is -2.36. The number of rotatable bonds is 6. The number of ether oxygens (including phenoxy) is 2. The van der Waals surface area contributed by atoms with Gasteiger partial charge in [-0.05, 0) is 35.9 Å². The average molecular weight is 496 g/mol. The van der Waals surface area contributed by atoms with E-state index in [4.69, 9.17) is 9.47 Å². The Kier molecular flexibility index (Phi) is 6.24. The van der Waals surface area contributed by atoms with Crippen molar-refractivity contribution in [1.82, 2.24) is 9.97 Å². The fraction of sp³-hybridized carbons (Fsp3) is 0.241. The van der Waals surface area contributed by atoms with Gasteiger partial charge in [0, 0.05) is 79.6 Å². The molecule has 0 saturated carbocycles. The summed E-state index contributed by atoms with van der Waals surface area (Å²) in [6.07, 6.45) is 4.11. The summed E-state index contributed by atoms with van der Waals surface area (Å²) in [6, 6.07) is 20.1. The fourth-order valence-electron chi connectivity index (χ4n) is 5.07. The zero-order chi connectivity index (χ0) is 25.2. The normalized spacial score (nSPS) is 16.4. The van der Waals surface area contributed by atoms with Crippen LogP contribution < -0.4 is 25.8 Å². The molecule has 4 heterocycles. The van der Waals surface area contributed by atoms with Gasteiger partial charge in [0.05, 0.1) is 6.61 Å². The molecule has 1 atom stereocenters. The Labute approximate surface area is 215 Å². The topological polar surface area (TPSA) is 91.5 Å². The van der Waals surface area contributed by atoms with E-state index < -0.39 is 0 Å². The van der Waals surface area contributed by atoms with Crippen molar-refractivity contribution in [3.63, 3.8) is 0 Å². The lowest BCUT2D eigenvalue weighted by molar-refractivity contribution is 0.0384. The highest BCUT2D eigenvalue weighted by atomic mass is 16.5. The van der Waals surface area contributed by atoms with Gasteiger partial charge in [-0.2, -0.15) is 0 Å². The third-order valence-corrected chi connectivity index (χ3v) is 6.93. The molecule has 2 aromatic carbocycles. The first-order chi connectivity index (χ1) is 18.2. The molecule has 1 saturated heterocycles. The molecule has 2 aromatic heterocycles. The molecule has 0 amide bonds. The molecule has 0 spiro atoms. The Balaban J connectivity index is 1.20. The van der Waals surface area contributed by atoms with Crippen LogP contribution in [0.4, 0.5) is 17.2 Å². The molecular formula is C29H29N5O3. The van der Waals surface area contributed by atoms with Gasteiger partial charge in [0.15, 0.2) is 0 Å². The number of hydrogen-bond acceptors (Lipinski definition) is 7. The molecule has 2 aliphatic heterocycles. The van der Waals surface area contributed by atoms with E-state index in [1.54, 1.807) is 18.5 Å². The number of nitrogens with one attached hydrogen (secondary N) is 3. The van der Waals surface area contributed by atoms with Crippen molar-refractivity contribution in [1.29, 1.82) is 0 Å². The van der Waals surface area contributed by atoms with Crippen LogP contribution in [-0.4, -0.2) is 36.7 Å². The number of para-hydroxylation sites is 1. The molecule has 8 heteroatoms. The summed E-state index contributed by atoms with van der Waals surface area (Å²) in [5, 5.41) is 6.65. The van der Waals surface area contributed by atoms with Gasteiger partial charge < -0.3 is 30.0 Å².